The Morgan fingerprint density at radius 3 is 2.56 bits per heavy atom. The third-order valence-electron chi connectivity index (χ3n) is 4.54. The van der Waals surface area contributed by atoms with Gasteiger partial charge in [0.1, 0.15) is 4.90 Å². The Hall–Kier alpha value is -2.09. The number of amides is 1. The number of sulfonamides is 1. The lowest BCUT2D eigenvalue weighted by molar-refractivity contribution is 0.0945. The molecule has 0 fully saturated rings. The monoisotopic (exact) mass is 379 g/mol. The van der Waals surface area contributed by atoms with Crippen molar-refractivity contribution in [2.24, 2.45) is 5.14 Å². The van der Waals surface area contributed by atoms with E-state index in [0.717, 1.165) is 11.3 Å². The summed E-state index contributed by atoms with van der Waals surface area (Å²) < 4.78 is 23.2. The lowest BCUT2D eigenvalue weighted by atomic mass is 9.99. The molecule has 0 saturated heterocycles. The minimum atomic E-state index is -4.01. The molecule has 0 saturated carbocycles. The normalized spacial score (nSPS) is 19.6. The molecule has 25 heavy (non-hydrogen) atoms. The van der Waals surface area contributed by atoms with E-state index in [1.54, 1.807) is 5.01 Å². The zero-order valence-corrected chi connectivity index (χ0v) is 15.3. The van der Waals surface area contributed by atoms with Crippen molar-refractivity contribution in [3.05, 3.63) is 58.6 Å². The molecule has 3 rings (SSSR count). The van der Waals surface area contributed by atoms with Crippen molar-refractivity contribution in [2.75, 3.05) is 5.01 Å². The minimum absolute atomic E-state index is 0.0208. The number of carbonyl (C=O) groups excluding carboxylic acids is 1. The van der Waals surface area contributed by atoms with Crippen LogP contribution in [-0.2, 0) is 10.0 Å². The SMILES string of the molecule is CC1c2ccccc2N(NC(=O)c2ccc(Cl)c(S(N)(=O)=O)c2)C1C. The Kier molecular flexibility index (Phi) is 4.49. The molecule has 1 amide bonds. The first kappa shape index (κ1) is 17.7. The number of benzene rings is 2. The Bertz CT molecular complexity index is 946. The van der Waals surface area contributed by atoms with E-state index in [9.17, 15) is 13.2 Å². The van der Waals surface area contributed by atoms with Crippen LogP contribution in [0.5, 0.6) is 0 Å². The molecule has 0 aromatic heterocycles. The van der Waals surface area contributed by atoms with Crippen LogP contribution in [0.2, 0.25) is 5.02 Å². The molecule has 2 unspecified atom stereocenters. The van der Waals surface area contributed by atoms with E-state index in [2.05, 4.69) is 12.3 Å². The Morgan fingerprint density at radius 1 is 1.20 bits per heavy atom. The fraction of sp³-hybridized carbons (Fsp3) is 0.235. The van der Waals surface area contributed by atoms with Gasteiger partial charge in [0.15, 0.2) is 0 Å². The van der Waals surface area contributed by atoms with Gasteiger partial charge >= 0.3 is 0 Å². The van der Waals surface area contributed by atoms with Crippen LogP contribution in [0.15, 0.2) is 47.4 Å². The van der Waals surface area contributed by atoms with Gasteiger partial charge in [0, 0.05) is 11.5 Å². The molecule has 0 spiro atoms. The molecule has 0 aliphatic carbocycles. The van der Waals surface area contributed by atoms with Gasteiger partial charge < -0.3 is 0 Å². The molecule has 1 heterocycles. The highest BCUT2D eigenvalue weighted by molar-refractivity contribution is 7.89. The largest absolute Gasteiger partial charge is 0.282 e. The lowest BCUT2D eigenvalue weighted by Crippen LogP contribution is -2.46. The molecule has 6 nitrogen and oxygen atoms in total. The molecule has 132 valence electrons. The van der Waals surface area contributed by atoms with Crippen LogP contribution in [0, 0.1) is 0 Å². The maximum absolute atomic E-state index is 12.6. The summed E-state index contributed by atoms with van der Waals surface area (Å²) in [4.78, 5) is 12.3. The van der Waals surface area contributed by atoms with Gasteiger partial charge in [-0.1, -0.05) is 36.7 Å². The zero-order chi connectivity index (χ0) is 18.4. The molecule has 1 aliphatic heterocycles. The van der Waals surface area contributed by atoms with E-state index in [-0.39, 0.29) is 27.4 Å². The summed E-state index contributed by atoms with van der Waals surface area (Å²) in [7, 11) is -4.01. The molecule has 3 N–H and O–H groups in total. The van der Waals surface area contributed by atoms with Gasteiger partial charge in [0.25, 0.3) is 5.91 Å². The molecule has 2 aromatic rings. The second kappa shape index (κ2) is 6.33. The summed E-state index contributed by atoms with van der Waals surface area (Å²) in [6.07, 6.45) is 0. The second-order valence-corrected chi connectivity index (χ2v) is 8.03. The van der Waals surface area contributed by atoms with Crippen molar-refractivity contribution in [1.82, 2.24) is 5.43 Å². The molecule has 2 aromatic carbocycles. The smallest absolute Gasteiger partial charge is 0.269 e. The molecule has 0 radical (unpaired) electrons. The summed E-state index contributed by atoms with van der Waals surface area (Å²) in [6.45, 7) is 4.11. The Labute approximate surface area is 151 Å². The number of nitrogens with one attached hydrogen (secondary N) is 1. The number of carbonyl (C=O) groups is 1. The van der Waals surface area contributed by atoms with Crippen LogP contribution in [0.4, 0.5) is 5.69 Å². The summed E-state index contributed by atoms with van der Waals surface area (Å²) in [5.41, 5.74) is 5.09. The van der Waals surface area contributed by atoms with Crippen molar-refractivity contribution >= 4 is 33.2 Å². The van der Waals surface area contributed by atoms with Crippen LogP contribution in [0.3, 0.4) is 0 Å². The highest BCUT2D eigenvalue weighted by Gasteiger charge is 2.33. The second-order valence-electron chi connectivity index (χ2n) is 6.09. The number of nitrogens with two attached hydrogens (primary N) is 1. The third kappa shape index (κ3) is 3.22. The number of anilines is 1. The van der Waals surface area contributed by atoms with Crippen molar-refractivity contribution in [3.63, 3.8) is 0 Å². The van der Waals surface area contributed by atoms with E-state index in [4.69, 9.17) is 16.7 Å². The maximum atomic E-state index is 12.6. The number of primary sulfonamides is 1. The van der Waals surface area contributed by atoms with E-state index < -0.39 is 15.9 Å². The van der Waals surface area contributed by atoms with Crippen LogP contribution < -0.4 is 15.6 Å². The quantitative estimate of drug-likeness (QED) is 0.857. The first-order chi connectivity index (χ1) is 11.7. The van der Waals surface area contributed by atoms with Crippen LogP contribution in [-0.4, -0.2) is 20.4 Å². The molecule has 1 aliphatic rings. The molecule has 2 atom stereocenters. The topological polar surface area (TPSA) is 92.5 Å². The van der Waals surface area contributed by atoms with Gasteiger partial charge in [-0.05, 0) is 36.8 Å². The molecule has 0 bridgehead atoms. The van der Waals surface area contributed by atoms with Crippen molar-refractivity contribution < 1.29 is 13.2 Å². The number of hydrogen-bond acceptors (Lipinski definition) is 4. The summed E-state index contributed by atoms with van der Waals surface area (Å²) >= 11 is 5.86. The fourth-order valence-electron chi connectivity index (χ4n) is 2.99. The van der Waals surface area contributed by atoms with Crippen molar-refractivity contribution in [1.29, 1.82) is 0 Å². The standard InChI is InChI=1S/C17H18ClN3O3S/c1-10-11(2)21(15-6-4-3-5-13(10)15)20-17(22)12-7-8-14(18)16(9-12)25(19,23)24/h3-11H,1-2H3,(H,20,22)(H2,19,23,24). The number of rotatable bonds is 3. The van der Waals surface area contributed by atoms with Crippen molar-refractivity contribution in [2.45, 2.75) is 30.7 Å². The number of halogens is 1. The molecular weight excluding hydrogens is 362 g/mol. The van der Waals surface area contributed by atoms with Gasteiger partial charge in [-0.15, -0.1) is 0 Å². The van der Waals surface area contributed by atoms with E-state index in [0.29, 0.717) is 0 Å². The van der Waals surface area contributed by atoms with Crippen LogP contribution in [0.25, 0.3) is 0 Å². The number of nitrogens with zero attached hydrogens (tertiary/aromatic N) is 1. The minimum Gasteiger partial charge on any atom is -0.282 e. The third-order valence-corrected chi connectivity index (χ3v) is 5.93. The Balaban J connectivity index is 1.91. The van der Waals surface area contributed by atoms with Crippen LogP contribution in [0.1, 0.15) is 35.7 Å². The van der Waals surface area contributed by atoms with Gasteiger partial charge in [-0.25, -0.2) is 13.6 Å². The van der Waals surface area contributed by atoms with Gasteiger partial charge in [0.2, 0.25) is 10.0 Å². The fourth-order valence-corrected chi connectivity index (χ4v) is 4.06. The zero-order valence-electron chi connectivity index (χ0n) is 13.7. The number of hydrazine groups is 1. The van der Waals surface area contributed by atoms with E-state index >= 15 is 0 Å². The van der Waals surface area contributed by atoms with Gasteiger partial charge in [0.05, 0.1) is 16.8 Å². The summed E-state index contributed by atoms with van der Waals surface area (Å²) in [5.74, 6) is -0.181. The first-order valence-corrected chi connectivity index (χ1v) is 9.64. The highest BCUT2D eigenvalue weighted by atomic mass is 35.5. The highest BCUT2D eigenvalue weighted by Crippen LogP contribution is 2.39. The summed E-state index contributed by atoms with van der Waals surface area (Å²) in [5, 5.41) is 6.92. The van der Waals surface area contributed by atoms with Crippen molar-refractivity contribution in [3.8, 4) is 0 Å². The van der Waals surface area contributed by atoms with Gasteiger partial charge in [-0.3, -0.25) is 15.2 Å². The Morgan fingerprint density at radius 2 is 1.88 bits per heavy atom. The van der Waals surface area contributed by atoms with Gasteiger partial charge in [-0.2, -0.15) is 0 Å². The van der Waals surface area contributed by atoms with Crippen LogP contribution >= 0.6 is 11.6 Å². The predicted molar refractivity (Wildman–Crippen MR) is 97.1 cm³/mol. The summed E-state index contributed by atoms with van der Waals surface area (Å²) in [6, 6.07) is 11.9. The number of para-hydroxylation sites is 1. The average molecular weight is 380 g/mol. The number of hydrogen-bond donors (Lipinski definition) is 2. The molecule has 8 heteroatoms. The van der Waals surface area contributed by atoms with E-state index in [1.165, 1.54) is 18.2 Å². The maximum Gasteiger partial charge on any atom is 0.269 e. The lowest BCUT2D eigenvalue weighted by Gasteiger charge is -2.27. The van der Waals surface area contributed by atoms with E-state index in [1.807, 2.05) is 31.2 Å². The molecular formula is C17H18ClN3O3S. The first-order valence-electron chi connectivity index (χ1n) is 7.71. The average Bonchev–Trinajstić information content (AvgIpc) is 2.79. The predicted octanol–water partition coefficient (Wildman–Crippen LogP) is 2.64. The number of fused-ring (bicyclic) bond motifs is 1.